The second-order valence-corrected chi connectivity index (χ2v) is 3.24. The number of pyridine rings is 1. The van der Waals surface area contributed by atoms with Crippen molar-refractivity contribution in [3.63, 3.8) is 0 Å². The first kappa shape index (κ1) is 8.84. The summed E-state index contributed by atoms with van der Waals surface area (Å²) < 4.78 is 0. The van der Waals surface area contributed by atoms with Gasteiger partial charge in [0.2, 0.25) is 0 Å². The number of hydrogen-bond acceptors (Lipinski definition) is 3. The summed E-state index contributed by atoms with van der Waals surface area (Å²) in [6.07, 6.45) is 1.71. The van der Waals surface area contributed by atoms with Crippen LogP contribution in [-0.4, -0.2) is 11.5 Å². The van der Waals surface area contributed by atoms with Crippen molar-refractivity contribution in [3.05, 3.63) is 18.3 Å². The van der Waals surface area contributed by atoms with E-state index in [1.54, 1.807) is 6.20 Å². The summed E-state index contributed by atoms with van der Waals surface area (Å²) >= 11 is 0. The third-order valence-electron chi connectivity index (χ3n) is 1.50. The zero-order valence-corrected chi connectivity index (χ0v) is 7.54. The Bertz CT molecular complexity index is 245. The van der Waals surface area contributed by atoms with Gasteiger partial charge in [-0.25, -0.2) is 4.98 Å². The molecule has 0 aliphatic rings. The number of rotatable bonds is 3. The highest BCUT2D eigenvalue weighted by Gasteiger charge is 1.94. The minimum Gasteiger partial charge on any atom is -0.385 e. The number of hydrogen-bond donors (Lipinski definition) is 2. The van der Waals surface area contributed by atoms with Crippen LogP contribution in [0.25, 0.3) is 0 Å². The quantitative estimate of drug-likeness (QED) is 0.717. The maximum Gasteiger partial charge on any atom is 0.125 e. The van der Waals surface area contributed by atoms with Crippen molar-refractivity contribution in [2.75, 3.05) is 17.6 Å². The third kappa shape index (κ3) is 2.78. The number of nitrogens with one attached hydrogen (secondary N) is 1. The Morgan fingerprint density at radius 2 is 2.33 bits per heavy atom. The molecule has 0 fully saturated rings. The fraction of sp³-hybridized carbons (Fsp3) is 0.444. The normalized spacial score (nSPS) is 10.2. The molecule has 3 nitrogen and oxygen atoms in total. The lowest BCUT2D eigenvalue weighted by Gasteiger charge is -2.08. The van der Waals surface area contributed by atoms with Crippen molar-refractivity contribution in [1.82, 2.24) is 4.98 Å². The molecule has 1 aromatic rings. The zero-order valence-electron chi connectivity index (χ0n) is 7.54. The van der Waals surface area contributed by atoms with Crippen molar-refractivity contribution in [3.8, 4) is 0 Å². The van der Waals surface area contributed by atoms with E-state index in [2.05, 4.69) is 24.1 Å². The summed E-state index contributed by atoms with van der Waals surface area (Å²) in [6, 6.07) is 3.75. The predicted octanol–water partition coefficient (Wildman–Crippen LogP) is 1.73. The van der Waals surface area contributed by atoms with Gasteiger partial charge in [-0.3, -0.25) is 0 Å². The van der Waals surface area contributed by atoms with Crippen molar-refractivity contribution in [2.24, 2.45) is 5.92 Å². The Morgan fingerprint density at radius 3 is 2.92 bits per heavy atom. The van der Waals surface area contributed by atoms with E-state index in [4.69, 9.17) is 5.73 Å². The Balaban J connectivity index is 2.52. The second-order valence-electron chi connectivity index (χ2n) is 3.24. The molecule has 0 unspecified atom stereocenters. The lowest BCUT2D eigenvalue weighted by Crippen LogP contribution is -2.08. The number of nitrogen functional groups attached to an aromatic ring is 1. The van der Waals surface area contributed by atoms with Crippen LogP contribution in [0.2, 0.25) is 0 Å². The molecule has 1 heterocycles. The molecule has 1 aromatic heterocycles. The standard InChI is InChI=1S/C9H15N3/c1-7(2)6-12-8-3-4-11-9(10)5-8/h3-5,7H,6H2,1-2H3,(H3,10,11,12). The molecule has 0 amide bonds. The summed E-state index contributed by atoms with van der Waals surface area (Å²) in [6.45, 7) is 5.29. The van der Waals surface area contributed by atoms with Crippen LogP contribution in [-0.2, 0) is 0 Å². The van der Waals surface area contributed by atoms with Crippen LogP contribution >= 0.6 is 0 Å². The van der Waals surface area contributed by atoms with E-state index in [0.29, 0.717) is 11.7 Å². The summed E-state index contributed by atoms with van der Waals surface area (Å²) in [4.78, 5) is 3.90. The van der Waals surface area contributed by atoms with Gasteiger partial charge in [0.15, 0.2) is 0 Å². The van der Waals surface area contributed by atoms with Crippen molar-refractivity contribution in [2.45, 2.75) is 13.8 Å². The summed E-state index contributed by atoms with van der Waals surface area (Å²) in [5.41, 5.74) is 6.55. The van der Waals surface area contributed by atoms with Crippen LogP contribution < -0.4 is 11.1 Å². The molecule has 0 saturated heterocycles. The molecule has 0 aliphatic carbocycles. The first-order valence-corrected chi connectivity index (χ1v) is 4.14. The van der Waals surface area contributed by atoms with E-state index in [1.165, 1.54) is 0 Å². The lowest BCUT2D eigenvalue weighted by molar-refractivity contribution is 0.689. The van der Waals surface area contributed by atoms with Gasteiger partial charge in [0.1, 0.15) is 5.82 Å². The molecule has 0 radical (unpaired) electrons. The molecular formula is C9H15N3. The van der Waals surface area contributed by atoms with Crippen molar-refractivity contribution in [1.29, 1.82) is 0 Å². The van der Waals surface area contributed by atoms with Crippen LogP contribution in [0.4, 0.5) is 11.5 Å². The Kier molecular flexibility index (Phi) is 2.91. The molecule has 3 heteroatoms. The summed E-state index contributed by atoms with van der Waals surface area (Å²) in [5.74, 6) is 1.20. The maximum absolute atomic E-state index is 5.51. The maximum atomic E-state index is 5.51. The van der Waals surface area contributed by atoms with Crippen LogP contribution in [0.3, 0.4) is 0 Å². The monoisotopic (exact) mass is 165 g/mol. The molecule has 0 aromatic carbocycles. The van der Waals surface area contributed by atoms with Gasteiger partial charge >= 0.3 is 0 Å². The van der Waals surface area contributed by atoms with E-state index in [1.807, 2.05) is 12.1 Å². The Labute approximate surface area is 73.0 Å². The third-order valence-corrected chi connectivity index (χ3v) is 1.50. The minimum absolute atomic E-state index is 0.559. The number of aromatic nitrogens is 1. The van der Waals surface area contributed by atoms with E-state index in [0.717, 1.165) is 12.2 Å². The van der Waals surface area contributed by atoms with E-state index in [-0.39, 0.29) is 0 Å². The van der Waals surface area contributed by atoms with Gasteiger partial charge in [0, 0.05) is 24.5 Å². The minimum atomic E-state index is 0.559. The number of nitrogens with zero attached hydrogens (tertiary/aromatic N) is 1. The van der Waals surface area contributed by atoms with Gasteiger partial charge in [-0.15, -0.1) is 0 Å². The molecular weight excluding hydrogens is 150 g/mol. The zero-order chi connectivity index (χ0) is 8.97. The fourth-order valence-electron chi connectivity index (χ4n) is 0.880. The SMILES string of the molecule is CC(C)CNc1ccnc(N)c1. The van der Waals surface area contributed by atoms with Gasteiger partial charge in [-0.2, -0.15) is 0 Å². The molecule has 0 aliphatic heterocycles. The van der Waals surface area contributed by atoms with Gasteiger partial charge in [-0.1, -0.05) is 13.8 Å². The first-order chi connectivity index (χ1) is 5.68. The van der Waals surface area contributed by atoms with Crippen LogP contribution in [0.1, 0.15) is 13.8 Å². The predicted molar refractivity (Wildman–Crippen MR) is 52.0 cm³/mol. The topological polar surface area (TPSA) is 50.9 Å². The number of nitrogens with two attached hydrogens (primary N) is 1. The van der Waals surface area contributed by atoms with E-state index < -0.39 is 0 Å². The highest BCUT2D eigenvalue weighted by molar-refractivity contribution is 5.49. The molecule has 12 heavy (non-hydrogen) atoms. The Morgan fingerprint density at radius 1 is 1.58 bits per heavy atom. The summed E-state index contributed by atoms with van der Waals surface area (Å²) in [5, 5.41) is 3.26. The van der Waals surface area contributed by atoms with Crippen LogP contribution in [0.5, 0.6) is 0 Å². The molecule has 0 spiro atoms. The van der Waals surface area contributed by atoms with Crippen LogP contribution in [0, 0.1) is 5.92 Å². The van der Waals surface area contributed by atoms with Crippen molar-refractivity contribution < 1.29 is 0 Å². The second kappa shape index (κ2) is 3.95. The smallest absolute Gasteiger partial charge is 0.125 e. The Hall–Kier alpha value is -1.25. The van der Waals surface area contributed by atoms with Gasteiger partial charge in [0.05, 0.1) is 0 Å². The van der Waals surface area contributed by atoms with Gasteiger partial charge in [0.25, 0.3) is 0 Å². The highest BCUT2D eigenvalue weighted by atomic mass is 14.9. The fourth-order valence-corrected chi connectivity index (χ4v) is 0.880. The molecule has 66 valence electrons. The molecule has 3 N–H and O–H groups in total. The average molecular weight is 165 g/mol. The molecule has 0 bridgehead atoms. The van der Waals surface area contributed by atoms with E-state index >= 15 is 0 Å². The lowest BCUT2D eigenvalue weighted by atomic mass is 10.2. The summed E-state index contributed by atoms with van der Waals surface area (Å²) in [7, 11) is 0. The van der Waals surface area contributed by atoms with Crippen LogP contribution in [0.15, 0.2) is 18.3 Å². The first-order valence-electron chi connectivity index (χ1n) is 4.14. The average Bonchev–Trinajstić information content (AvgIpc) is 2.01. The molecule has 0 saturated carbocycles. The van der Waals surface area contributed by atoms with Gasteiger partial charge in [-0.05, 0) is 12.0 Å². The van der Waals surface area contributed by atoms with Crippen molar-refractivity contribution >= 4 is 11.5 Å². The highest BCUT2D eigenvalue weighted by Crippen LogP contribution is 2.09. The largest absolute Gasteiger partial charge is 0.385 e. The van der Waals surface area contributed by atoms with E-state index in [9.17, 15) is 0 Å². The van der Waals surface area contributed by atoms with Gasteiger partial charge < -0.3 is 11.1 Å². The molecule has 1 rings (SSSR count). The molecule has 0 atom stereocenters. The number of anilines is 2.